The van der Waals surface area contributed by atoms with Crippen molar-refractivity contribution in [2.75, 3.05) is 0 Å². The molecule has 0 radical (unpaired) electrons. The Bertz CT molecular complexity index is 529. The molecule has 0 saturated heterocycles. The highest BCUT2D eigenvalue weighted by Crippen LogP contribution is 2.32. The summed E-state index contributed by atoms with van der Waals surface area (Å²) < 4.78 is 5.73. The van der Waals surface area contributed by atoms with Crippen LogP contribution in [0.15, 0.2) is 42.5 Å². The van der Waals surface area contributed by atoms with Crippen molar-refractivity contribution in [1.82, 2.24) is 0 Å². The fraction of sp³-hybridized carbons (Fsp3) is 0.143. The van der Waals surface area contributed by atoms with Crippen LogP contribution in [0.1, 0.15) is 11.1 Å². The zero-order valence-electron chi connectivity index (χ0n) is 9.70. The van der Waals surface area contributed by atoms with E-state index in [2.05, 4.69) is 0 Å². The second-order valence-electron chi connectivity index (χ2n) is 3.85. The zero-order chi connectivity index (χ0) is 13.0. The van der Waals surface area contributed by atoms with Crippen molar-refractivity contribution in [2.24, 2.45) is 5.73 Å². The van der Waals surface area contributed by atoms with Gasteiger partial charge in [0.05, 0.1) is 5.02 Å². The third kappa shape index (κ3) is 3.16. The highest BCUT2D eigenvalue weighted by Gasteiger charge is 2.09. The number of halogens is 2. The van der Waals surface area contributed by atoms with Crippen LogP contribution in [0.5, 0.6) is 5.75 Å². The van der Waals surface area contributed by atoms with Crippen molar-refractivity contribution >= 4 is 23.2 Å². The molecule has 0 heterocycles. The Balaban J connectivity index is 2.19. The van der Waals surface area contributed by atoms with Crippen molar-refractivity contribution in [3.8, 4) is 5.75 Å². The molecule has 2 aromatic carbocycles. The summed E-state index contributed by atoms with van der Waals surface area (Å²) in [6, 6.07) is 13.3. The van der Waals surface area contributed by atoms with Gasteiger partial charge >= 0.3 is 0 Å². The van der Waals surface area contributed by atoms with Crippen LogP contribution < -0.4 is 10.5 Å². The van der Waals surface area contributed by atoms with E-state index < -0.39 is 0 Å². The smallest absolute Gasteiger partial charge is 0.142 e. The number of hydrogen-bond acceptors (Lipinski definition) is 2. The quantitative estimate of drug-likeness (QED) is 0.918. The Kier molecular flexibility index (Phi) is 4.48. The maximum Gasteiger partial charge on any atom is 0.142 e. The maximum absolute atomic E-state index is 6.11. The normalized spacial score (nSPS) is 10.4. The number of nitrogens with two attached hydrogens (primary N) is 1. The molecule has 18 heavy (non-hydrogen) atoms. The van der Waals surface area contributed by atoms with E-state index in [1.807, 2.05) is 30.3 Å². The van der Waals surface area contributed by atoms with Crippen LogP contribution in [0, 0.1) is 0 Å². The lowest BCUT2D eigenvalue weighted by Gasteiger charge is -2.12. The summed E-state index contributed by atoms with van der Waals surface area (Å²) in [6.07, 6.45) is 0. The van der Waals surface area contributed by atoms with Crippen molar-refractivity contribution in [3.05, 3.63) is 63.6 Å². The van der Waals surface area contributed by atoms with Gasteiger partial charge in [0.2, 0.25) is 0 Å². The van der Waals surface area contributed by atoms with Gasteiger partial charge in [0.15, 0.2) is 0 Å². The average Bonchev–Trinajstić information content (AvgIpc) is 2.38. The third-order valence-electron chi connectivity index (χ3n) is 2.53. The molecule has 0 atom stereocenters. The van der Waals surface area contributed by atoms with Gasteiger partial charge in [0.1, 0.15) is 12.4 Å². The Morgan fingerprint density at radius 3 is 2.44 bits per heavy atom. The largest absolute Gasteiger partial charge is 0.487 e. The van der Waals surface area contributed by atoms with Crippen LogP contribution in [0.3, 0.4) is 0 Å². The van der Waals surface area contributed by atoms with Crippen molar-refractivity contribution < 1.29 is 4.74 Å². The monoisotopic (exact) mass is 281 g/mol. The summed E-state index contributed by atoms with van der Waals surface area (Å²) in [5.41, 5.74) is 7.54. The maximum atomic E-state index is 6.11. The van der Waals surface area contributed by atoms with Gasteiger partial charge in [-0.15, -0.1) is 0 Å². The van der Waals surface area contributed by atoms with E-state index in [1.54, 1.807) is 12.1 Å². The topological polar surface area (TPSA) is 35.2 Å². The number of benzene rings is 2. The summed E-state index contributed by atoms with van der Waals surface area (Å²) in [5, 5.41) is 1.05. The Morgan fingerprint density at radius 1 is 1.06 bits per heavy atom. The predicted molar refractivity (Wildman–Crippen MR) is 75.1 cm³/mol. The first-order valence-electron chi connectivity index (χ1n) is 5.55. The molecule has 2 nitrogen and oxygen atoms in total. The minimum Gasteiger partial charge on any atom is -0.487 e. The molecule has 0 aliphatic carbocycles. The number of ether oxygens (including phenoxy) is 1. The second kappa shape index (κ2) is 6.10. The lowest BCUT2D eigenvalue weighted by molar-refractivity contribution is 0.303. The highest BCUT2D eigenvalue weighted by atomic mass is 35.5. The van der Waals surface area contributed by atoms with E-state index in [1.165, 1.54) is 0 Å². The van der Waals surface area contributed by atoms with Gasteiger partial charge in [-0.2, -0.15) is 0 Å². The SMILES string of the molecule is NCc1cc(Cl)cc(Cl)c1OCc1ccccc1. The van der Waals surface area contributed by atoms with Gasteiger partial charge in [-0.1, -0.05) is 53.5 Å². The van der Waals surface area contributed by atoms with E-state index in [-0.39, 0.29) is 0 Å². The summed E-state index contributed by atoms with van der Waals surface area (Å²) in [5.74, 6) is 0.604. The van der Waals surface area contributed by atoms with Gasteiger partial charge in [0.25, 0.3) is 0 Å². The Labute approximate surface area is 116 Å². The molecule has 0 bridgehead atoms. The summed E-state index contributed by atoms with van der Waals surface area (Å²) in [4.78, 5) is 0. The minimum atomic E-state index is 0.338. The molecule has 0 unspecified atom stereocenters. The molecule has 0 amide bonds. The van der Waals surface area contributed by atoms with Crippen LogP contribution in [-0.4, -0.2) is 0 Å². The molecule has 4 heteroatoms. The molecular formula is C14H13Cl2NO. The van der Waals surface area contributed by atoms with Crippen molar-refractivity contribution in [1.29, 1.82) is 0 Å². The molecule has 0 fully saturated rings. The van der Waals surface area contributed by atoms with Gasteiger partial charge in [-0.05, 0) is 17.7 Å². The molecule has 94 valence electrons. The van der Waals surface area contributed by atoms with Crippen LogP contribution in [0.4, 0.5) is 0 Å². The van der Waals surface area contributed by atoms with Crippen LogP contribution in [0.2, 0.25) is 10.0 Å². The predicted octanol–water partition coefficient (Wildman–Crippen LogP) is 4.03. The minimum absolute atomic E-state index is 0.338. The van der Waals surface area contributed by atoms with E-state index in [0.29, 0.717) is 28.9 Å². The average molecular weight is 282 g/mol. The molecule has 0 saturated carbocycles. The fourth-order valence-corrected chi connectivity index (χ4v) is 2.25. The lowest BCUT2D eigenvalue weighted by Crippen LogP contribution is -2.03. The van der Waals surface area contributed by atoms with Gasteiger partial charge in [-0.3, -0.25) is 0 Å². The zero-order valence-corrected chi connectivity index (χ0v) is 11.2. The third-order valence-corrected chi connectivity index (χ3v) is 3.03. The Hall–Kier alpha value is -1.22. The summed E-state index contributed by atoms with van der Waals surface area (Å²) in [7, 11) is 0. The van der Waals surface area contributed by atoms with Crippen LogP contribution in [-0.2, 0) is 13.2 Å². The van der Waals surface area contributed by atoms with Gasteiger partial charge in [0, 0.05) is 17.1 Å². The first kappa shape index (κ1) is 13.2. The molecule has 2 N–H and O–H groups in total. The summed E-state index contributed by atoms with van der Waals surface area (Å²) in [6.45, 7) is 0.791. The van der Waals surface area contributed by atoms with E-state index >= 15 is 0 Å². The first-order chi connectivity index (χ1) is 8.70. The molecular weight excluding hydrogens is 269 g/mol. The molecule has 0 spiro atoms. The summed E-state index contributed by atoms with van der Waals surface area (Å²) >= 11 is 12.0. The van der Waals surface area contributed by atoms with E-state index in [0.717, 1.165) is 11.1 Å². The number of rotatable bonds is 4. The van der Waals surface area contributed by atoms with Gasteiger partial charge < -0.3 is 10.5 Å². The van der Waals surface area contributed by atoms with Crippen molar-refractivity contribution in [2.45, 2.75) is 13.2 Å². The second-order valence-corrected chi connectivity index (χ2v) is 4.70. The molecule has 0 aliphatic heterocycles. The number of hydrogen-bond donors (Lipinski definition) is 1. The molecule has 0 aromatic heterocycles. The van der Waals surface area contributed by atoms with Crippen molar-refractivity contribution in [3.63, 3.8) is 0 Å². The standard InChI is InChI=1S/C14H13Cl2NO/c15-12-6-11(8-17)14(13(16)7-12)18-9-10-4-2-1-3-5-10/h1-7H,8-9,17H2. The first-order valence-corrected chi connectivity index (χ1v) is 6.31. The lowest BCUT2D eigenvalue weighted by atomic mass is 10.2. The van der Waals surface area contributed by atoms with E-state index in [9.17, 15) is 0 Å². The van der Waals surface area contributed by atoms with Crippen LogP contribution in [0.25, 0.3) is 0 Å². The highest BCUT2D eigenvalue weighted by molar-refractivity contribution is 6.35. The van der Waals surface area contributed by atoms with E-state index in [4.69, 9.17) is 33.7 Å². The molecule has 2 aromatic rings. The molecule has 2 rings (SSSR count). The fourth-order valence-electron chi connectivity index (χ4n) is 1.66. The van der Waals surface area contributed by atoms with Crippen LogP contribution >= 0.6 is 23.2 Å². The van der Waals surface area contributed by atoms with Gasteiger partial charge in [-0.25, -0.2) is 0 Å². The molecule has 0 aliphatic rings. The Morgan fingerprint density at radius 2 is 1.78 bits per heavy atom.